The van der Waals surface area contributed by atoms with Gasteiger partial charge in [0.25, 0.3) is 11.5 Å². The molecule has 0 aliphatic carbocycles. The summed E-state index contributed by atoms with van der Waals surface area (Å²) in [5, 5.41) is 51.9. The molecule has 1 aliphatic heterocycles. The highest BCUT2D eigenvalue weighted by Gasteiger charge is 2.40. The van der Waals surface area contributed by atoms with E-state index in [2.05, 4.69) is 63.4 Å². The van der Waals surface area contributed by atoms with Gasteiger partial charge in [-0.3, -0.25) is 62.8 Å². The van der Waals surface area contributed by atoms with Gasteiger partial charge in [0.15, 0.2) is 17.1 Å². The first-order valence-corrected chi connectivity index (χ1v) is 23.8. The summed E-state index contributed by atoms with van der Waals surface area (Å²) in [4.78, 5) is 172. The van der Waals surface area contributed by atoms with Crippen LogP contribution in [0.15, 0.2) is 52.4 Å². The number of likely N-dealkylation sites (tertiary alicyclic amines) is 1. The largest absolute Gasteiger partial charge is 0.481 e. The number of nitrogens with zero attached hydrogens (tertiary/aromatic N) is 5. The Hall–Kier alpha value is -9.23. The van der Waals surface area contributed by atoms with Crippen LogP contribution in [0.2, 0.25) is 0 Å². The average molecular weight is 1080 g/mol. The molecule has 0 radical (unpaired) electrons. The average Bonchev–Trinajstić information content (AvgIpc) is 3.60. The second-order valence-corrected chi connectivity index (χ2v) is 18.1. The van der Waals surface area contributed by atoms with Crippen molar-refractivity contribution in [2.24, 2.45) is 16.5 Å². The van der Waals surface area contributed by atoms with E-state index in [1.54, 1.807) is 6.92 Å². The first-order chi connectivity index (χ1) is 35.8. The maximum Gasteiger partial charge on any atom is 0.327 e. The number of carbonyl (C=O) groups excluding carboxylic acids is 7. The summed E-state index contributed by atoms with van der Waals surface area (Å²) >= 11 is 0.744. The number of anilines is 2. The molecule has 2 aromatic heterocycles. The standard InChI is InChI=1S/C44H55N15O16S/c1-19(2)17-59-30(61)14-28(40(59)71)76-18-27(42(74)75)56-38(69)26(13-32(64)65)55-36(67)23(4-3-11-48-43(45)46)53-37(68)25(12-31(62)63)52-29(60)10-9-24(41(72)73)54-35(66)20-5-7-21(8-6-20)49-15-22-16-50-34-33(51-22)39(70)58-44(47)57-34/h5-8,16,23-28,49H,1,3-4,9-15,17-18H2,2H3,(H,52,60)(H,53,68)(H,54,66)(H,55,67)(H,56,69)(H,62,63)(H,64,65)(H,72,73)(H,74,75)(H4,45,46,48)(H3,47,50,57,58,70)/t23-,24-,25-,26-,27-,28?/m0/s1. The number of nitrogens with one attached hydrogen (secondary N) is 7. The van der Waals surface area contributed by atoms with E-state index in [1.807, 2.05) is 0 Å². The molecule has 1 aliphatic rings. The molecule has 6 atom stereocenters. The van der Waals surface area contributed by atoms with Crippen molar-refractivity contribution < 1.29 is 73.2 Å². The van der Waals surface area contributed by atoms with E-state index in [0.29, 0.717) is 17.0 Å². The Kier molecular flexibility index (Phi) is 21.6. The molecule has 17 N–H and O–H groups in total. The second kappa shape index (κ2) is 27.7. The number of aliphatic carboxylic acids is 4. The summed E-state index contributed by atoms with van der Waals surface area (Å²) in [6.45, 7) is 5.16. The number of aromatic nitrogens is 4. The van der Waals surface area contributed by atoms with Gasteiger partial charge in [-0.25, -0.2) is 19.6 Å². The summed E-state index contributed by atoms with van der Waals surface area (Å²) in [7, 11) is 0. The zero-order valence-electron chi connectivity index (χ0n) is 40.4. The zero-order valence-corrected chi connectivity index (χ0v) is 41.2. The number of carboxylic acid groups (broad SMARTS) is 4. The summed E-state index contributed by atoms with van der Waals surface area (Å²) in [5.74, 6) is -14.3. The highest BCUT2D eigenvalue weighted by molar-refractivity contribution is 8.00. The minimum Gasteiger partial charge on any atom is -0.481 e. The van der Waals surface area contributed by atoms with Gasteiger partial charge in [0, 0.05) is 42.9 Å². The van der Waals surface area contributed by atoms with Crippen molar-refractivity contribution in [3.05, 3.63) is 64.2 Å². The van der Waals surface area contributed by atoms with Crippen LogP contribution < -0.4 is 54.7 Å². The fourth-order valence-corrected chi connectivity index (χ4v) is 8.17. The lowest BCUT2D eigenvalue weighted by Gasteiger charge is -2.25. The number of thioether (sulfide) groups is 1. The fourth-order valence-electron chi connectivity index (χ4n) is 6.99. The van der Waals surface area contributed by atoms with Gasteiger partial charge in [-0.05, 0) is 50.5 Å². The lowest BCUT2D eigenvalue weighted by molar-refractivity contribution is -0.143. The van der Waals surface area contributed by atoms with E-state index >= 15 is 0 Å². The predicted molar refractivity (Wildman–Crippen MR) is 266 cm³/mol. The minimum atomic E-state index is -2.00. The number of imide groups is 1. The molecule has 0 saturated carbocycles. The van der Waals surface area contributed by atoms with Gasteiger partial charge in [-0.15, -0.1) is 11.8 Å². The van der Waals surface area contributed by atoms with Gasteiger partial charge in [0.1, 0.15) is 30.2 Å². The number of rotatable bonds is 30. The zero-order chi connectivity index (χ0) is 56.4. The molecule has 31 nitrogen and oxygen atoms in total. The smallest absolute Gasteiger partial charge is 0.327 e. The molecule has 408 valence electrons. The number of aromatic amines is 1. The van der Waals surface area contributed by atoms with E-state index in [1.165, 1.54) is 30.5 Å². The number of H-pyrrole nitrogens is 1. The second-order valence-electron chi connectivity index (χ2n) is 16.9. The molecule has 76 heavy (non-hydrogen) atoms. The summed E-state index contributed by atoms with van der Waals surface area (Å²) in [6, 6.07) is -3.41. The van der Waals surface area contributed by atoms with Crippen LogP contribution in [-0.4, -0.2) is 171 Å². The number of amides is 7. The van der Waals surface area contributed by atoms with Crippen molar-refractivity contribution in [2.75, 3.05) is 29.9 Å². The summed E-state index contributed by atoms with van der Waals surface area (Å²) in [5.41, 5.74) is 17.1. The fraction of sp³-hybridized carbons (Fsp3) is 0.409. The van der Waals surface area contributed by atoms with Crippen molar-refractivity contribution >= 4 is 106 Å². The number of carbonyl (C=O) groups is 11. The summed E-state index contributed by atoms with van der Waals surface area (Å²) in [6.07, 6.45) is -2.78. The molecule has 32 heteroatoms. The number of carboxylic acids is 4. The molecule has 7 amide bonds. The molecular weight excluding hydrogens is 1030 g/mol. The SMILES string of the molecule is C=C(C)CN1C(=O)CC(SC[C@H](NC(=O)[C@H](CC(=O)O)NC(=O)[C@H](CCCN=C(N)N)NC(=O)[C@H](CC(=O)O)NC(=O)CC[C@H](NC(=O)c2ccc(NCc3cnc4nc(N)[nH]c(=O)c4n3)cc2)C(=O)O)C(=O)O)C1=O. The van der Waals surface area contributed by atoms with Crippen molar-refractivity contribution in [2.45, 2.75) is 93.9 Å². The van der Waals surface area contributed by atoms with E-state index in [4.69, 9.17) is 17.2 Å². The number of benzene rings is 1. The van der Waals surface area contributed by atoms with Crippen LogP contribution in [0.25, 0.3) is 11.2 Å². The molecule has 4 rings (SSSR count). The van der Waals surface area contributed by atoms with Crippen LogP contribution in [0.3, 0.4) is 0 Å². The van der Waals surface area contributed by atoms with Gasteiger partial charge >= 0.3 is 23.9 Å². The number of hydrogen-bond donors (Lipinski definition) is 14. The van der Waals surface area contributed by atoms with Crippen molar-refractivity contribution in [3.63, 3.8) is 0 Å². The Bertz CT molecular complexity index is 2840. The number of nitrogen functional groups attached to an aromatic ring is 1. The highest BCUT2D eigenvalue weighted by atomic mass is 32.2. The normalized spacial score (nSPS) is 15.0. The first kappa shape index (κ1) is 59.3. The third-order valence-electron chi connectivity index (χ3n) is 10.7. The molecule has 1 fully saturated rings. The number of guanidine groups is 1. The predicted octanol–water partition coefficient (Wildman–Crippen LogP) is -3.67. The Morgan fingerprint density at radius 2 is 1.41 bits per heavy atom. The van der Waals surface area contributed by atoms with E-state index in [9.17, 15) is 78.0 Å². The highest BCUT2D eigenvalue weighted by Crippen LogP contribution is 2.26. The van der Waals surface area contributed by atoms with Gasteiger partial charge in [-0.2, -0.15) is 4.98 Å². The molecule has 1 aromatic carbocycles. The van der Waals surface area contributed by atoms with Crippen LogP contribution in [0.4, 0.5) is 11.6 Å². The number of hydrogen-bond acceptors (Lipinski definition) is 19. The van der Waals surface area contributed by atoms with Crippen LogP contribution in [0, 0.1) is 0 Å². The minimum absolute atomic E-state index is 0.00933. The molecule has 1 saturated heterocycles. The van der Waals surface area contributed by atoms with E-state index in [-0.39, 0.29) is 67.5 Å². The quantitative estimate of drug-likeness (QED) is 0.0101. The monoisotopic (exact) mass is 1080 g/mol. The van der Waals surface area contributed by atoms with Gasteiger partial charge < -0.3 is 69.5 Å². The topological polar surface area (TPSA) is 506 Å². The van der Waals surface area contributed by atoms with Crippen molar-refractivity contribution in [3.8, 4) is 0 Å². The summed E-state index contributed by atoms with van der Waals surface area (Å²) < 4.78 is 0. The Labute approximate surface area is 433 Å². The van der Waals surface area contributed by atoms with Gasteiger partial charge in [-0.1, -0.05) is 12.2 Å². The molecule has 3 heterocycles. The molecule has 1 unspecified atom stereocenters. The third-order valence-corrected chi connectivity index (χ3v) is 12.0. The van der Waals surface area contributed by atoms with Crippen LogP contribution in [0.5, 0.6) is 0 Å². The lowest BCUT2D eigenvalue weighted by atomic mass is 10.1. The van der Waals surface area contributed by atoms with Gasteiger partial charge in [0.2, 0.25) is 41.4 Å². The van der Waals surface area contributed by atoms with E-state index < -0.39 is 138 Å². The number of aliphatic imine (C=N–C) groups is 1. The lowest BCUT2D eigenvalue weighted by Crippen LogP contribution is -2.58. The maximum atomic E-state index is 13.7. The first-order valence-electron chi connectivity index (χ1n) is 22.7. The number of fused-ring (bicyclic) bond motifs is 1. The molecule has 0 spiro atoms. The Morgan fingerprint density at radius 1 is 0.816 bits per heavy atom. The Balaban J connectivity index is 1.39. The van der Waals surface area contributed by atoms with Crippen LogP contribution in [-0.2, 0) is 54.5 Å². The maximum absolute atomic E-state index is 13.7. The van der Waals surface area contributed by atoms with Crippen molar-refractivity contribution in [1.29, 1.82) is 0 Å². The van der Waals surface area contributed by atoms with Crippen LogP contribution in [0.1, 0.15) is 67.9 Å². The van der Waals surface area contributed by atoms with Crippen molar-refractivity contribution in [1.82, 2.24) is 51.4 Å². The van der Waals surface area contributed by atoms with Crippen LogP contribution >= 0.6 is 11.8 Å². The molecule has 0 bridgehead atoms. The third kappa shape index (κ3) is 18.4. The van der Waals surface area contributed by atoms with Gasteiger partial charge in [0.05, 0.1) is 36.5 Å². The Morgan fingerprint density at radius 3 is 2.00 bits per heavy atom. The number of nitrogens with two attached hydrogens (primary N) is 3. The molecular formula is C44H55N15O16S. The van der Waals surface area contributed by atoms with E-state index in [0.717, 1.165) is 16.7 Å². The molecule has 3 aromatic rings.